The summed E-state index contributed by atoms with van der Waals surface area (Å²) in [5, 5.41) is 35.7. The van der Waals surface area contributed by atoms with Crippen molar-refractivity contribution in [2.75, 3.05) is 18.4 Å². The molecule has 2 amide bonds. The van der Waals surface area contributed by atoms with E-state index in [1.165, 1.54) is 18.2 Å². The lowest BCUT2D eigenvalue weighted by atomic mass is 10.0. The van der Waals surface area contributed by atoms with Crippen molar-refractivity contribution in [2.24, 2.45) is 0 Å². The molecule has 1 aromatic carbocycles. The molecule has 16 heteroatoms. The zero-order valence-electron chi connectivity index (χ0n) is 22.2. The van der Waals surface area contributed by atoms with Gasteiger partial charge < -0.3 is 26.2 Å². The Morgan fingerprint density at radius 3 is 2.27 bits per heavy atom. The minimum absolute atomic E-state index is 0.164. The topological polar surface area (TPSA) is 201 Å². The van der Waals surface area contributed by atoms with Crippen LogP contribution in [0.5, 0.6) is 0 Å². The second-order valence-electron chi connectivity index (χ2n) is 8.70. The van der Waals surface area contributed by atoms with E-state index in [9.17, 15) is 42.8 Å². The van der Waals surface area contributed by atoms with Gasteiger partial charge >= 0.3 is 18.1 Å². The molecule has 1 atom stereocenters. The molecule has 1 aromatic heterocycles. The van der Waals surface area contributed by atoms with Crippen LogP contribution in [-0.2, 0) is 19.2 Å². The fourth-order valence-corrected chi connectivity index (χ4v) is 3.24. The number of hydrogen-bond donors (Lipinski definition) is 5. The number of pyridine rings is 1. The van der Waals surface area contributed by atoms with E-state index >= 15 is 0 Å². The van der Waals surface area contributed by atoms with Gasteiger partial charge in [0.15, 0.2) is 0 Å². The van der Waals surface area contributed by atoms with Crippen molar-refractivity contribution in [1.82, 2.24) is 15.6 Å². The third-order valence-electron chi connectivity index (χ3n) is 5.29. The molecule has 2 rings (SSSR count). The number of unbranched alkanes of at least 4 members (excludes halogenated alkanes) is 1. The first-order valence-electron chi connectivity index (χ1n) is 12.1. The van der Waals surface area contributed by atoms with Crippen LogP contribution in [-0.4, -0.2) is 63.1 Å². The van der Waals surface area contributed by atoms with Crippen molar-refractivity contribution >= 4 is 35.3 Å². The fraction of sp³-hybridized carbons (Fsp3) is 0.400. The molecule has 1 heterocycles. The summed E-state index contributed by atoms with van der Waals surface area (Å²) in [7, 11) is 0. The monoisotopic (exact) mass is 585 g/mol. The first kappa shape index (κ1) is 34.3. The van der Waals surface area contributed by atoms with Gasteiger partial charge in [-0.15, -0.1) is 0 Å². The third-order valence-corrected chi connectivity index (χ3v) is 5.29. The second kappa shape index (κ2) is 16.4. The Kier molecular flexibility index (Phi) is 13.7. The molecular formula is C25H30F3N5O8. The SMILES string of the molecule is Cc1ccnc(NCCCCC(=O)NCC(=O)NC(CC(=O)O)c2ccc(C)c([N+](=O)[O-])c2)c1.O=C(O)C(F)(F)F. The lowest BCUT2D eigenvalue weighted by Crippen LogP contribution is -2.39. The number of halogens is 3. The molecule has 41 heavy (non-hydrogen) atoms. The molecule has 224 valence electrons. The summed E-state index contributed by atoms with van der Waals surface area (Å²) in [4.78, 5) is 59.3. The molecule has 1 unspecified atom stereocenters. The Labute approximate surface area is 232 Å². The first-order valence-corrected chi connectivity index (χ1v) is 12.1. The van der Waals surface area contributed by atoms with E-state index < -0.39 is 41.4 Å². The number of carbonyl (C=O) groups is 4. The van der Waals surface area contributed by atoms with Crippen LogP contribution in [0.1, 0.15) is 48.4 Å². The Hall–Kier alpha value is -4.76. The number of hydrogen-bond acceptors (Lipinski definition) is 8. The Morgan fingerprint density at radius 1 is 1.05 bits per heavy atom. The van der Waals surface area contributed by atoms with Crippen LogP contribution < -0.4 is 16.0 Å². The number of benzene rings is 1. The molecule has 0 aliphatic carbocycles. The van der Waals surface area contributed by atoms with Gasteiger partial charge in [0.25, 0.3) is 5.69 Å². The Bertz CT molecular complexity index is 1240. The Balaban J connectivity index is 0.00000106. The molecule has 0 saturated heterocycles. The highest BCUT2D eigenvalue weighted by atomic mass is 19.4. The molecule has 0 bridgehead atoms. The predicted molar refractivity (Wildman–Crippen MR) is 139 cm³/mol. The molecule has 0 radical (unpaired) electrons. The van der Waals surface area contributed by atoms with Gasteiger partial charge in [0.2, 0.25) is 11.8 Å². The number of amides is 2. The number of aromatic nitrogens is 1. The van der Waals surface area contributed by atoms with Gasteiger partial charge in [0.1, 0.15) is 5.82 Å². The third kappa shape index (κ3) is 13.7. The summed E-state index contributed by atoms with van der Waals surface area (Å²) in [5.74, 6) is -4.05. The van der Waals surface area contributed by atoms with Gasteiger partial charge in [0.05, 0.1) is 23.9 Å². The van der Waals surface area contributed by atoms with Gasteiger partial charge in [-0.25, -0.2) is 9.78 Å². The van der Waals surface area contributed by atoms with Crippen LogP contribution in [0.3, 0.4) is 0 Å². The van der Waals surface area contributed by atoms with Crippen LogP contribution in [0, 0.1) is 24.0 Å². The standard InChI is InChI=1S/C23H29N5O6.C2HF3O2/c1-15-8-10-25-20(11-15)24-9-4-3-5-21(29)26-14-22(30)27-18(13-23(31)32)17-7-6-16(2)19(12-17)28(33)34;3-2(4,5)1(6)7/h6-8,10-12,18H,3-5,9,13-14H2,1-2H3,(H,24,25)(H,26,29)(H,27,30)(H,31,32);(H,6,7). The number of aliphatic carboxylic acids is 2. The number of nitro benzene ring substituents is 1. The van der Waals surface area contributed by atoms with E-state index in [1.807, 2.05) is 19.1 Å². The Morgan fingerprint density at radius 2 is 1.71 bits per heavy atom. The van der Waals surface area contributed by atoms with Crippen molar-refractivity contribution in [2.45, 2.75) is 51.7 Å². The number of nitrogens with zero attached hydrogens (tertiary/aromatic N) is 2. The average Bonchev–Trinajstić information content (AvgIpc) is 2.86. The number of alkyl halides is 3. The minimum atomic E-state index is -5.08. The first-order chi connectivity index (χ1) is 19.1. The average molecular weight is 586 g/mol. The highest BCUT2D eigenvalue weighted by molar-refractivity contribution is 5.85. The maximum Gasteiger partial charge on any atom is 0.490 e. The molecular weight excluding hydrogens is 555 g/mol. The van der Waals surface area contributed by atoms with Crippen LogP contribution >= 0.6 is 0 Å². The number of carboxylic acid groups (broad SMARTS) is 2. The predicted octanol–water partition coefficient (Wildman–Crippen LogP) is 3.27. The van der Waals surface area contributed by atoms with E-state index in [0.29, 0.717) is 24.1 Å². The van der Waals surface area contributed by atoms with Crippen LogP contribution in [0.25, 0.3) is 0 Å². The lowest BCUT2D eigenvalue weighted by molar-refractivity contribution is -0.385. The van der Waals surface area contributed by atoms with E-state index in [4.69, 9.17) is 9.90 Å². The molecule has 2 aromatic rings. The van der Waals surface area contributed by atoms with Crippen LogP contribution in [0.15, 0.2) is 36.5 Å². The molecule has 0 aliphatic rings. The molecule has 5 N–H and O–H groups in total. The summed E-state index contributed by atoms with van der Waals surface area (Å²) in [6, 6.07) is 7.15. The normalized spacial score (nSPS) is 11.3. The van der Waals surface area contributed by atoms with Gasteiger partial charge in [0, 0.05) is 30.8 Å². The quantitative estimate of drug-likeness (QED) is 0.132. The number of carbonyl (C=O) groups excluding carboxylic acids is 2. The molecule has 0 fully saturated rings. The highest BCUT2D eigenvalue weighted by Gasteiger charge is 2.38. The summed E-state index contributed by atoms with van der Waals surface area (Å²) in [5.41, 5.74) is 1.66. The highest BCUT2D eigenvalue weighted by Crippen LogP contribution is 2.25. The van der Waals surface area contributed by atoms with Gasteiger partial charge in [-0.3, -0.25) is 24.5 Å². The minimum Gasteiger partial charge on any atom is -0.481 e. The van der Waals surface area contributed by atoms with E-state index in [0.717, 1.165) is 17.8 Å². The number of nitro groups is 1. The number of aryl methyl sites for hydroxylation is 2. The van der Waals surface area contributed by atoms with Crippen LogP contribution in [0.4, 0.5) is 24.7 Å². The largest absolute Gasteiger partial charge is 0.490 e. The van der Waals surface area contributed by atoms with Crippen molar-refractivity contribution in [3.63, 3.8) is 0 Å². The molecule has 0 saturated carbocycles. The number of rotatable bonds is 13. The van der Waals surface area contributed by atoms with Crippen molar-refractivity contribution < 1.29 is 47.5 Å². The zero-order valence-corrected chi connectivity index (χ0v) is 22.2. The van der Waals surface area contributed by atoms with Crippen LogP contribution in [0.2, 0.25) is 0 Å². The molecule has 0 aliphatic heterocycles. The van der Waals surface area contributed by atoms with Crippen molar-refractivity contribution in [1.29, 1.82) is 0 Å². The maximum absolute atomic E-state index is 12.3. The van der Waals surface area contributed by atoms with Gasteiger partial charge in [-0.05, 0) is 49.9 Å². The summed E-state index contributed by atoms with van der Waals surface area (Å²) >= 11 is 0. The second-order valence-corrected chi connectivity index (χ2v) is 8.70. The molecule has 13 nitrogen and oxygen atoms in total. The smallest absolute Gasteiger partial charge is 0.481 e. The fourth-order valence-electron chi connectivity index (χ4n) is 3.24. The maximum atomic E-state index is 12.3. The zero-order chi connectivity index (χ0) is 31.2. The lowest BCUT2D eigenvalue weighted by Gasteiger charge is -2.18. The van der Waals surface area contributed by atoms with Gasteiger partial charge in [-0.2, -0.15) is 13.2 Å². The molecule has 0 spiro atoms. The summed E-state index contributed by atoms with van der Waals surface area (Å²) in [6.45, 7) is 3.87. The van der Waals surface area contributed by atoms with Crippen molar-refractivity contribution in [3.8, 4) is 0 Å². The summed E-state index contributed by atoms with van der Waals surface area (Å²) < 4.78 is 31.7. The van der Waals surface area contributed by atoms with Crippen molar-refractivity contribution in [3.05, 3.63) is 63.3 Å². The van der Waals surface area contributed by atoms with E-state index in [2.05, 4.69) is 20.9 Å². The van der Waals surface area contributed by atoms with E-state index in [1.54, 1.807) is 13.1 Å². The number of nitrogens with one attached hydrogen (secondary N) is 3. The number of anilines is 1. The van der Waals surface area contributed by atoms with E-state index in [-0.39, 0.29) is 24.6 Å². The summed E-state index contributed by atoms with van der Waals surface area (Å²) in [6.07, 6.45) is -2.23. The van der Waals surface area contributed by atoms with Gasteiger partial charge in [-0.1, -0.05) is 12.1 Å². The number of carboxylic acids is 2.